The van der Waals surface area contributed by atoms with Crippen molar-refractivity contribution in [1.29, 1.82) is 5.26 Å². The van der Waals surface area contributed by atoms with Gasteiger partial charge in [0.25, 0.3) is 0 Å². The standard InChI is InChI=1S/C16H18NO3P/c1-3-19-21(18,20-4-2)12-14-6-8-15-9-13(11-17)5-7-16(15)10-14/h5-10H,3-4,12H2,1-2H3. The number of nitrogens with zero attached hydrogens (tertiary/aromatic N) is 1. The molecule has 0 aliphatic heterocycles. The van der Waals surface area contributed by atoms with E-state index in [1.165, 1.54) is 0 Å². The van der Waals surface area contributed by atoms with Gasteiger partial charge in [0.2, 0.25) is 0 Å². The molecule has 0 heterocycles. The molecule has 4 nitrogen and oxygen atoms in total. The van der Waals surface area contributed by atoms with Crippen molar-refractivity contribution >= 4 is 18.4 Å². The minimum absolute atomic E-state index is 0.255. The second-order valence-corrected chi connectivity index (χ2v) is 6.67. The van der Waals surface area contributed by atoms with Crippen LogP contribution in [-0.4, -0.2) is 13.2 Å². The van der Waals surface area contributed by atoms with Crippen molar-refractivity contribution in [3.05, 3.63) is 47.5 Å². The van der Waals surface area contributed by atoms with Crippen LogP contribution >= 0.6 is 7.60 Å². The van der Waals surface area contributed by atoms with E-state index in [2.05, 4.69) is 6.07 Å². The first kappa shape index (κ1) is 15.7. The second-order valence-electron chi connectivity index (χ2n) is 4.61. The fourth-order valence-electron chi connectivity index (χ4n) is 2.21. The number of hydrogen-bond donors (Lipinski definition) is 0. The summed E-state index contributed by atoms with van der Waals surface area (Å²) in [6.07, 6.45) is 0.255. The van der Waals surface area contributed by atoms with Crippen LogP contribution in [-0.2, 0) is 19.8 Å². The Morgan fingerprint density at radius 1 is 1.05 bits per heavy atom. The largest absolute Gasteiger partial charge is 0.335 e. The van der Waals surface area contributed by atoms with Crippen LogP contribution < -0.4 is 0 Å². The van der Waals surface area contributed by atoms with E-state index in [1.54, 1.807) is 19.9 Å². The quantitative estimate of drug-likeness (QED) is 0.738. The van der Waals surface area contributed by atoms with Crippen molar-refractivity contribution in [3.8, 4) is 6.07 Å². The maximum absolute atomic E-state index is 12.5. The summed E-state index contributed by atoms with van der Waals surface area (Å²) in [7, 11) is -3.09. The third-order valence-electron chi connectivity index (χ3n) is 3.06. The van der Waals surface area contributed by atoms with Crippen LogP contribution in [0.4, 0.5) is 0 Å². The Labute approximate surface area is 124 Å². The lowest BCUT2D eigenvalue weighted by atomic mass is 10.1. The molecule has 0 unspecified atom stereocenters. The van der Waals surface area contributed by atoms with E-state index in [-0.39, 0.29) is 6.16 Å². The van der Waals surface area contributed by atoms with Crippen molar-refractivity contribution in [1.82, 2.24) is 0 Å². The van der Waals surface area contributed by atoms with Crippen molar-refractivity contribution in [3.63, 3.8) is 0 Å². The molecule has 0 saturated heterocycles. The number of fused-ring (bicyclic) bond motifs is 1. The first-order chi connectivity index (χ1) is 10.1. The highest BCUT2D eigenvalue weighted by atomic mass is 31.2. The average Bonchev–Trinajstić information content (AvgIpc) is 2.47. The average molecular weight is 303 g/mol. The van der Waals surface area contributed by atoms with Crippen LogP contribution in [0.5, 0.6) is 0 Å². The van der Waals surface area contributed by atoms with Crippen molar-refractivity contribution < 1.29 is 13.6 Å². The monoisotopic (exact) mass is 303 g/mol. The molecule has 21 heavy (non-hydrogen) atoms. The Hall–Kier alpha value is -1.66. The molecule has 0 aliphatic carbocycles. The summed E-state index contributed by atoms with van der Waals surface area (Å²) in [5.41, 5.74) is 1.53. The fraction of sp³-hybridized carbons (Fsp3) is 0.312. The Morgan fingerprint density at radius 2 is 1.67 bits per heavy atom. The lowest BCUT2D eigenvalue weighted by molar-refractivity contribution is 0.219. The molecule has 2 rings (SSSR count). The van der Waals surface area contributed by atoms with E-state index >= 15 is 0 Å². The third kappa shape index (κ3) is 3.92. The molecular formula is C16H18NO3P. The normalized spacial score (nSPS) is 11.5. The Morgan fingerprint density at radius 3 is 2.29 bits per heavy atom. The Kier molecular flexibility index (Phi) is 5.14. The summed E-state index contributed by atoms with van der Waals surface area (Å²) in [5.74, 6) is 0. The van der Waals surface area contributed by atoms with Crippen molar-refractivity contribution in [2.24, 2.45) is 0 Å². The molecular weight excluding hydrogens is 285 g/mol. The van der Waals surface area contributed by atoms with Gasteiger partial charge in [-0.2, -0.15) is 5.26 Å². The molecule has 0 saturated carbocycles. The number of benzene rings is 2. The summed E-state index contributed by atoms with van der Waals surface area (Å²) in [6.45, 7) is 4.32. The lowest BCUT2D eigenvalue weighted by Crippen LogP contribution is -1.99. The molecule has 0 bridgehead atoms. The molecule has 0 N–H and O–H groups in total. The van der Waals surface area contributed by atoms with Gasteiger partial charge in [-0.3, -0.25) is 4.57 Å². The smallest absolute Gasteiger partial charge is 0.309 e. The highest BCUT2D eigenvalue weighted by Crippen LogP contribution is 2.51. The SMILES string of the molecule is CCOP(=O)(Cc1ccc2cc(C#N)ccc2c1)OCC. The first-order valence-corrected chi connectivity index (χ1v) is 8.64. The highest BCUT2D eigenvalue weighted by Gasteiger charge is 2.24. The molecule has 0 atom stereocenters. The molecule has 0 amide bonds. The summed E-state index contributed by atoms with van der Waals surface area (Å²) < 4.78 is 23.2. The van der Waals surface area contributed by atoms with Gasteiger partial charge in [0.15, 0.2) is 0 Å². The number of rotatable bonds is 6. The molecule has 2 aromatic carbocycles. The van der Waals surface area contributed by atoms with E-state index in [1.807, 2.05) is 30.3 Å². The van der Waals surface area contributed by atoms with Crippen LogP contribution in [0.3, 0.4) is 0 Å². The van der Waals surface area contributed by atoms with Gasteiger partial charge in [-0.25, -0.2) is 0 Å². The molecule has 0 radical (unpaired) electrons. The summed E-state index contributed by atoms with van der Waals surface area (Å²) in [6, 6.07) is 13.4. The van der Waals surface area contributed by atoms with Crippen molar-refractivity contribution in [2.75, 3.05) is 13.2 Å². The van der Waals surface area contributed by atoms with Crippen LogP contribution in [0.1, 0.15) is 25.0 Å². The van der Waals surface area contributed by atoms with E-state index < -0.39 is 7.60 Å². The molecule has 0 fully saturated rings. The highest BCUT2D eigenvalue weighted by molar-refractivity contribution is 7.53. The first-order valence-electron chi connectivity index (χ1n) is 6.91. The van der Waals surface area contributed by atoms with Crippen LogP contribution in [0.2, 0.25) is 0 Å². The van der Waals surface area contributed by atoms with E-state index in [0.29, 0.717) is 18.8 Å². The summed E-state index contributed by atoms with van der Waals surface area (Å²) in [4.78, 5) is 0. The summed E-state index contributed by atoms with van der Waals surface area (Å²) >= 11 is 0. The minimum atomic E-state index is -3.09. The van der Waals surface area contributed by atoms with Crippen LogP contribution in [0.25, 0.3) is 10.8 Å². The van der Waals surface area contributed by atoms with Gasteiger partial charge in [-0.15, -0.1) is 0 Å². The Bertz CT molecular complexity index is 711. The van der Waals surface area contributed by atoms with E-state index in [9.17, 15) is 4.57 Å². The topological polar surface area (TPSA) is 59.3 Å². The molecule has 0 aliphatic rings. The molecule has 0 spiro atoms. The zero-order chi connectivity index (χ0) is 15.3. The molecule has 2 aromatic rings. The zero-order valence-electron chi connectivity index (χ0n) is 12.2. The van der Waals surface area contributed by atoms with Crippen molar-refractivity contribution in [2.45, 2.75) is 20.0 Å². The third-order valence-corrected chi connectivity index (χ3v) is 5.12. The maximum atomic E-state index is 12.5. The molecule has 5 heteroatoms. The van der Waals surface area contributed by atoms with E-state index in [4.69, 9.17) is 14.3 Å². The van der Waals surface area contributed by atoms with Gasteiger partial charge < -0.3 is 9.05 Å². The van der Waals surface area contributed by atoms with Gasteiger partial charge in [0, 0.05) is 0 Å². The van der Waals surface area contributed by atoms with Gasteiger partial charge in [-0.1, -0.05) is 24.3 Å². The van der Waals surface area contributed by atoms with Crippen LogP contribution in [0, 0.1) is 11.3 Å². The second kappa shape index (κ2) is 6.87. The molecule has 0 aromatic heterocycles. The maximum Gasteiger partial charge on any atom is 0.335 e. The predicted octanol–water partition coefficient (Wildman–Crippen LogP) is 4.48. The lowest BCUT2D eigenvalue weighted by Gasteiger charge is -2.17. The molecule has 110 valence electrons. The Balaban J connectivity index is 2.30. The summed E-state index contributed by atoms with van der Waals surface area (Å²) in [5, 5.41) is 10.9. The van der Waals surface area contributed by atoms with Gasteiger partial charge in [0.05, 0.1) is 31.0 Å². The van der Waals surface area contributed by atoms with Gasteiger partial charge in [0.1, 0.15) is 0 Å². The number of hydrogen-bond acceptors (Lipinski definition) is 4. The van der Waals surface area contributed by atoms with Crippen LogP contribution in [0.15, 0.2) is 36.4 Å². The van der Waals surface area contributed by atoms with Gasteiger partial charge >= 0.3 is 7.60 Å². The fourth-order valence-corrected chi connectivity index (χ4v) is 3.90. The number of nitriles is 1. The zero-order valence-corrected chi connectivity index (χ0v) is 13.1. The minimum Gasteiger partial charge on any atom is -0.309 e. The van der Waals surface area contributed by atoms with E-state index in [0.717, 1.165) is 16.3 Å². The van der Waals surface area contributed by atoms with Gasteiger partial charge in [-0.05, 0) is 42.3 Å². The predicted molar refractivity (Wildman–Crippen MR) is 83.2 cm³/mol.